The Labute approximate surface area is 67.1 Å². The number of rotatable bonds is 1. The summed E-state index contributed by atoms with van der Waals surface area (Å²) >= 11 is 0. The molecule has 0 radical (unpaired) electrons. The molecule has 1 amide bonds. The van der Waals surface area contributed by atoms with E-state index < -0.39 is 0 Å². The lowest BCUT2D eigenvalue weighted by atomic mass is 10.1. The molecule has 1 N–H and O–H groups in total. The number of amides is 1. The molecule has 1 saturated heterocycles. The smallest absolute Gasteiger partial charge is 0.249 e. The van der Waals surface area contributed by atoms with E-state index in [1.54, 1.807) is 0 Å². The molecule has 64 valence electrons. The van der Waals surface area contributed by atoms with E-state index in [0.717, 1.165) is 13.0 Å². The van der Waals surface area contributed by atoms with Gasteiger partial charge in [-0.15, -0.1) is 0 Å². The third-order valence-corrected chi connectivity index (χ3v) is 1.49. The van der Waals surface area contributed by atoms with E-state index >= 15 is 0 Å². The van der Waals surface area contributed by atoms with E-state index in [0.29, 0.717) is 0 Å². The van der Waals surface area contributed by atoms with Crippen molar-refractivity contribution >= 4 is 5.91 Å². The summed E-state index contributed by atoms with van der Waals surface area (Å²) < 4.78 is 5.03. The van der Waals surface area contributed by atoms with Gasteiger partial charge in [-0.25, -0.2) is 0 Å². The van der Waals surface area contributed by atoms with Gasteiger partial charge in [0.05, 0.1) is 6.61 Å². The molecule has 0 bridgehead atoms. The predicted octanol–water partition coefficient (Wildman–Crippen LogP) is 0.690. The van der Waals surface area contributed by atoms with Crippen LogP contribution in [0.2, 0.25) is 0 Å². The van der Waals surface area contributed by atoms with Crippen molar-refractivity contribution < 1.29 is 9.53 Å². The van der Waals surface area contributed by atoms with Crippen LogP contribution in [-0.2, 0) is 9.53 Å². The molecule has 1 fully saturated rings. The third-order valence-electron chi connectivity index (χ3n) is 1.49. The zero-order chi connectivity index (χ0) is 8.48. The third kappa shape index (κ3) is 2.50. The second-order valence-corrected chi connectivity index (χ2v) is 3.89. The Hall–Kier alpha value is -0.570. The molecule has 0 aliphatic carbocycles. The van der Waals surface area contributed by atoms with E-state index in [-0.39, 0.29) is 17.6 Å². The Balaban J connectivity index is 2.31. The molecule has 3 heteroatoms. The van der Waals surface area contributed by atoms with Crippen molar-refractivity contribution in [3.05, 3.63) is 0 Å². The number of carbonyl (C=O) groups excluding carboxylic acids is 1. The highest BCUT2D eigenvalue weighted by Gasteiger charge is 2.28. The van der Waals surface area contributed by atoms with Crippen molar-refractivity contribution in [2.24, 2.45) is 0 Å². The molecule has 0 spiro atoms. The van der Waals surface area contributed by atoms with Crippen LogP contribution in [0.5, 0.6) is 0 Å². The highest BCUT2D eigenvalue weighted by atomic mass is 16.5. The summed E-state index contributed by atoms with van der Waals surface area (Å²) in [6, 6.07) is 0. The maximum Gasteiger partial charge on any atom is 0.249 e. The molecule has 1 aliphatic heterocycles. The Morgan fingerprint density at radius 3 is 2.36 bits per heavy atom. The molecule has 1 atom stereocenters. The number of hydrogen-bond donors (Lipinski definition) is 1. The molecule has 1 rings (SSSR count). The molecule has 0 aromatic carbocycles. The summed E-state index contributed by atoms with van der Waals surface area (Å²) in [5.41, 5.74) is -0.143. The first-order valence-corrected chi connectivity index (χ1v) is 3.93. The van der Waals surface area contributed by atoms with Crippen molar-refractivity contribution in [3.8, 4) is 0 Å². The summed E-state index contributed by atoms with van der Waals surface area (Å²) in [6.45, 7) is 6.61. The molecular formula is C8H15NO2. The Morgan fingerprint density at radius 2 is 2.09 bits per heavy atom. The quantitative estimate of drug-likeness (QED) is 0.608. The maximum absolute atomic E-state index is 11.2. The van der Waals surface area contributed by atoms with Crippen LogP contribution in [0.3, 0.4) is 0 Å². The van der Waals surface area contributed by atoms with E-state index in [2.05, 4.69) is 5.32 Å². The van der Waals surface area contributed by atoms with Crippen molar-refractivity contribution in [2.45, 2.75) is 38.8 Å². The largest absolute Gasteiger partial charge is 0.368 e. The van der Waals surface area contributed by atoms with Gasteiger partial charge < -0.3 is 10.1 Å². The van der Waals surface area contributed by atoms with E-state index in [1.165, 1.54) is 0 Å². The number of nitrogens with one attached hydrogen (secondary N) is 1. The van der Waals surface area contributed by atoms with Gasteiger partial charge in [0.25, 0.3) is 0 Å². The molecule has 0 aromatic rings. The van der Waals surface area contributed by atoms with Crippen LogP contribution >= 0.6 is 0 Å². The lowest BCUT2D eigenvalue weighted by Gasteiger charge is -2.29. The Morgan fingerprint density at radius 1 is 1.55 bits per heavy atom. The van der Waals surface area contributed by atoms with Gasteiger partial charge in [-0.2, -0.15) is 0 Å². The average Bonchev–Trinajstić information content (AvgIpc) is 1.50. The monoisotopic (exact) mass is 157 g/mol. The topological polar surface area (TPSA) is 38.3 Å². The fourth-order valence-electron chi connectivity index (χ4n) is 0.893. The van der Waals surface area contributed by atoms with Gasteiger partial charge in [-0.1, -0.05) is 0 Å². The summed E-state index contributed by atoms with van der Waals surface area (Å²) in [5.74, 6) is 0.0174. The SMILES string of the molecule is CC(C)(C)NC(=O)C1CCO1. The Bertz CT molecular complexity index is 156. The predicted molar refractivity (Wildman–Crippen MR) is 42.3 cm³/mol. The normalized spacial score (nSPS) is 24.1. The fraction of sp³-hybridized carbons (Fsp3) is 0.875. The average molecular weight is 157 g/mol. The van der Waals surface area contributed by atoms with Crippen LogP contribution < -0.4 is 5.32 Å². The second kappa shape index (κ2) is 2.81. The van der Waals surface area contributed by atoms with Gasteiger partial charge in [-0.3, -0.25) is 4.79 Å². The summed E-state index contributed by atoms with van der Waals surface area (Å²) in [4.78, 5) is 11.2. The highest BCUT2D eigenvalue weighted by Crippen LogP contribution is 2.12. The summed E-state index contributed by atoms with van der Waals surface area (Å²) in [5, 5.41) is 2.86. The van der Waals surface area contributed by atoms with Crippen molar-refractivity contribution in [2.75, 3.05) is 6.61 Å². The van der Waals surface area contributed by atoms with Crippen LogP contribution in [0.15, 0.2) is 0 Å². The molecule has 1 heterocycles. The van der Waals surface area contributed by atoms with E-state index in [4.69, 9.17) is 4.74 Å². The van der Waals surface area contributed by atoms with Gasteiger partial charge >= 0.3 is 0 Å². The van der Waals surface area contributed by atoms with Crippen LogP contribution in [0, 0.1) is 0 Å². The Kier molecular flexibility index (Phi) is 2.18. The summed E-state index contributed by atoms with van der Waals surface area (Å²) in [6.07, 6.45) is 0.677. The lowest BCUT2D eigenvalue weighted by Crippen LogP contribution is -2.50. The van der Waals surface area contributed by atoms with Gasteiger partial charge in [-0.05, 0) is 20.8 Å². The van der Waals surface area contributed by atoms with Gasteiger partial charge in [0, 0.05) is 12.0 Å². The second-order valence-electron chi connectivity index (χ2n) is 3.89. The van der Waals surface area contributed by atoms with Crippen molar-refractivity contribution in [1.82, 2.24) is 5.32 Å². The minimum absolute atomic E-state index is 0.0174. The molecular weight excluding hydrogens is 142 g/mol. The summed E-state index contributed by atoms with van der Waals surface area (Å²) in [7, 11) is 0. The van der Waals surface area contributed by atoms with Crippen molar-refractivity contribution in [3.63, 3.8) is 0 Å². The zero-order valence-electron chi connectivity index (χ0n) is 7.31. The van der Waals surface area contributed by atoms with Crippen LogP contribution in [-0.4, -0.2) is 24.2 Å². The minimum Gasteiger partial charge on any atom is -0.368 e. The lowest BCUT2D eigenvalue weighted by molar-refractivity contribution is -0.146. The molecule has 1 aliphatic rings. The molecule has 3 nitrogen and oxygen atoms in total. The van der Waals surface area contributed by atoms with Gasteiger partial charge in [0.15, 0.2) is 0 Å². The highest BCUT2D eigenvalue weighted by molar-refractivity contribution is 5.82. The van der Waals surface area contributed by atoms with Crippen molar-refractivity contribution in [1.29, 1.82) is 0 Å². The molecule has 0 saturated carbocycles. The number of hydrogen-bond acceptors (Lipinski definition) is 2. The number of carbonyl (C=O) groups is 1. The first-order valence-electron chi connectivity index (χ1n) is 3.93. The van der Waals surface area contributed by atoms with E-state index in [9.17, 15) is 4.79 Å². The van der Waals surface area contributed by atoms with Gasteiger partial charge in [0.2, 0.25) is 5.91 Å². The van der Waals surface area contributed by atoms with E-state index in [1.807, 2.05) is 20.8 Å². The minimum atomic E-state index is -0.186. The maximum atomic E-state index is 11.2. The first kappa shape index (κ1) is 8.53. The first-order chi connectivity index (χ1) is 4.99. The molecule has 11 heavy (non-hydrogen) atoms. The number of ether oxygens (including phenoxy) is 1. The van der Waals surface area contributed by atoms with Crippen LogP contribution in [0.4, 0.5) is 0 Å². The molecule has 1 unspecified atom stereocenters. The van der Waals surface area contributed by atoms with Crippen LogP contribution in [0.1, 0.15) is 27.2 Å². The van der Waals surface area contributed by atoms with Crippen LogP contribution in [0.25, 0.3) is 0 Å². The fourth-order valence-corrected chi connectivity index (χ4v) is 0.893. The molecule has 0 aromatic heterocycles. The standard InChI is InChI=1S/C8H15NO2/c1-8(2,3)9-7(10)6-4-5-11-6/h6H,4-5H2,1-3H3,(H,9,10). The zero-order valence-corrected chi connectivity index (χ0v) is 7.31. The van der Waals surface area contributed by atoms with Gasteiger partial charge in [0.1, 0.15) is 6.10 Å².